The maximum atomic E-state index is 13.4. The van der Waals surface area contributed by atoms with E-state index in [2.05, 4.69) is 4.98 Å². The third-order valence-electron chi connectivity index (χ3n) is 3.96. The summed E-state index contributed by atoms with van der Waals surface area (Å²) in [6, 6.07) is 7.64. The van der Waals surface area contributed by atoms with Crippen LogP contribution in [0.1, 0.15) is 34.1 Å². The minimum absolute atomic E-state index is 0.139. The molecule has 1 amide bonds. The third-order valence-corrected chi connectivity index (χ3v) is 3.96. The van der Waals surface area contributed by atoms with Crippen LogP contribution in [-0.4, -0.2) is 33.5 Å². The van der Waals surface area contributed by atoms with Crippen LogP contribution in [0.15, 0.2) is 36.5 Å². The average Bonchev–Trinajstić information content (AvgIpc) is 3.04. The number of aliphatic hydroxyl groups is 1. The van der Waals surface area contributed by atoms with E-state index in [4.69, 9.17) is 0 Å². The molecular weight excluding hydrogens is 271 g/mol. The molecule has 2 N–H and O–H groups in total. The normalized spacial score (nSPS) is 21.8. The zero-order valence-electron chi connectivity index (χ0n) is 11.7. The van der Waals surface area contributed by atoms with Gasteiger partial charge in [-0.3, -0.25) is 4.79 Å². The minimum atomic E-state index is -0.582. The number of nitrogens with zero attached hydrogens (tertiary/aromatic N) is 1. The number of likely N-dealkylation sites (tertiary alicyclic amines) is 1. The van der Waals surface area contributed by atoms with Crippen LogP contribution in [0.25, 0.3) is 0 Å². The predicted molar refractivity (Wildman–Crippen MR) is 76.3 cm³/mol. The number of carbonyl (C=O) groups is 1. The summed E-state index contributed by atoms with van der Waals surface area (Å²) >= 11 is 0. The molecule has 110 valence electrons. The van der Waals surface area contributed by atoms with Crippen LogP contribution in [0, 0.1) is 12.7 Å². The number of halogens is 1. The van der Waals surface area contributed by atoms with E-state index in [1.165, 1.54) is 12.1 Å². The number of β-amino-alcohol motifs (C(OH)–C–C–N with tert-alkyl or cyclic N) is 1. The average molecular weight is 288 g/mol. The van der Waals surface area contributed by atoms with E-state index in [9.17, 15) is 14.3 Å². The molecule has 0 spiro atoms. The molecule has 1 aromatic carbocycles. The number of carbonyl (C=O) groups excluding carboxylic acids is 1. The number of aromatic amines is 1. The molecule has 3 rings (SSSR count). The first-order valence-corrected chi connectivity index (χ1v) is 6.94. The van der Waals surface area contributed by atoms with Crippen LogP contribution in [-0.2, 0) is 0 Å². The summed E-state index contributed by atoms with van der Waals surface area (Å²) in [6.07, 6.45) is 1.56. The first-order chi connectivity index (χ1) is 10.1. The van der Waals surface area contributed by atoms with E-state index in [1.807, 2.05) is 6.92 Å². The summed E-state index contributed by atoms with van der Waals surface area (Å²) in [5.74, 6) is -0.473. The van der Waals surface area contributed by atoms with E-state index in [0.717, 1.165) is 5.69 Å². The molecule has 1 aromatic heterocycles. The van der Waals surface area contributed by atoms with Crippen molar-refractivity contribution >= 4 is 5.91 Å². The monoisotopic (exact) mass is 288 g/mol. The standard InChI is InChI=1S/C16H17FN2O2/c1-10-14(5-6-18-10)16(21)19-9-13(20)8-15(19)11-3-2-4-12(17)7-11/h2-7,13,15,18,20H,8-9H2,1H3/t13-,15-/m1/s1. The van der Waals surface area contributed by atoms with Gasteiger partial charge in [-0.1, -0.05) is 12.1 Å². The summed E-state index contributed by atoms with van der Waals surface area (Å²) < 4.78 is 13.4. The van der Waals surface area contributed by atoms with Crippen LogP contribution < -0.4 is 0 Å². The largest absolute Gasteiger partial charge is 0.391 e. The Morgan fingerprint density at radius 2 is 2.24 bits per heavy atom. The Labute approximate surface area is 122 Å². The molecule has 1 fully saturated rings. The van der Waals surface area contributed by atoms with Gasteiger partial charge in [-0.2, -0.15) is 0 Å². The predicted octanol–water partition coefficient (Wildman–Crippen LogP) is 2.41. The molecule has 0 radical (unpaired) electrons. The van der Waals surface area contributed by atoms with Crippen LogP contribution in [0.2, 0.25) is 0 Å². The Hall–Kier alpha value is -2.14. The van der Waals surface area contributed by atoms with Crippen molar-refractivity contribution in [2.24, 2.45) is 0 Å². The van der Waals surface area contributed by atoms with E-state index in [0.29, 0.717) is 17.5 Å². The van der Waals surface area contributed by atoms with Crippen molar-refractivity contribution in [1.82, 2.24) is 9.88 Å². The van der Waals surface area contributed by atoms with Crippen LogP contribution in [0.5, 0.6) is 0 Å². The summed E-state index contributed by atoms with van der Waals surface area (Å²) in [6.45, 7) is 2.10. The number of H-pyrrole nitrogens is 1. The third kappa shape index (κ3) is 2.56. The second kappa shape index (κ2) is 5.33. The van der Waals surface area contributed by atoms with E-state index in [1.54, 1.807) is 29.3 Å². The number of nitrogens with one attached hydrogen (secondary N) is 1. The lowest BCUT2D eigenvalue weighted by atomic mass is 10.0. The van der Waals surface area contributed by atoms with Crippen LogP contribution in [0.3, 0.4) is 0 Å². The van der Waals surface area contributed by atoms with Crippen molar-refractivity contribution in [3.63, 3.8) is 0 Å². The van der Waals surface area contributed by atoms with Gasteiger partial charge in [0.05, 0.1) is 17.7 Å². The molecule has 0 aliphatic carbocycles. The fourth-order valence-electron chi connectivity index (χ4n) is 2.91. The Morgan fingerprint density at radius 1 is 1.43 bits per heavy atom. The molecule has 0 bridgehead atoms. The molecule has 4 nitrogen and oxygen atoms in total. The number of aliphatic hydroxyl groups excluding tert-OH is 1. The van der Waals surface area contributed by atoms with Crippen LogP contribution >= 0.6 is 0 Å². The summed E-state index contributed by atoms with van der Waals surface area (Å²) in [7, 11) is 0. The van der Waals surface area contributed by atoms with Gasteiger partial charge in [0, 0.05) is 18.4 Å². The molecule has 2 heterocycles. The SMILES string of the molecule is Cc1[nH]ccc1C(=O)N1C[C@H](O)C[C@@H]1c1cccc(F)c1. The fraction of sp³-hybridized carbons (Fsp3) is 0.312. The second-order valence-electron chi connectivity index (χ2n) is 5.43. The van der Waals surface area contributed by atoms with Crippen molar-refractivity contribution in [3.8, 4) is 0 Å². The number of rotatable bonds is 2. The minimum Gasteiger partial charge on any atom is -0.391 e. The second-order valence-corrected chi connectivity index (χ2v) is 5.43. The van der Waals surface area contributed by atoms with Crippen molar-refractivity contribution in [1.29, 1.82) is 0 Å². The van der Waals surface area contributed by atoms with Gasteiger partial charge in [-0.25, -0.2) is 4.39 Å². The number of hydrogen-bond donors (Lipinski definition) is 2. The summed E-state index contributed by atoms with van der Waals surface area (Å²) in [5, 5.41) is 9.92. The van der Waals surface area contributed by atoms with Crippen molar-refractivity contribution in [2.45, 2.75) is 25.5 Å². The first kappa shape index (κ1) is 13.8. The Kier molecular flexibility index (Phi) is 3.51. The molecule has 21 heavy (non-hydrogen) atoms. The molecule has 2 aromatic rings. The number of benzene rings is 1. The van der Waals surface area contributed by atoms with Crippen molar-refractivity contribution in [3.05, 3.63) is 59.2 Å². The smallest absolute Gasteiger partial charge is 0.256 e. The number of hydrogen-bond acceptors (Lipinski definition) is 2. The maximum Gasteiger partial charge on any atom is 0.256 e. The highest BCUT2D eigenvalue weighted by molar-refractivity contribution is 5.95. The highest BCUT2D eigenvalue weighted by atomic mass is 19.1. The molecule has 1 aliphatic rings. The van der Waals surface area contributed by atoms with Gasteiger partial charge in [-0.15, -0.1) is 0 Å². The van der Waals surface area contributed by atoms with Gasteiger partial charge in [0.15, 0.2) is 0 Å². The highest BCUT2D eigenvalue weighted by Gasteiger charge is 2.36. The van der Waals surface area contributed by atoms with Gasteiger partial charge in [-0.05, 0) is 37.1 Å². The number of amides is 1. The lowest BCUT2D eigenvalue weighted by Crippen LogP contribution is -2.32. The molecule has 0 unspecified atom stereocenters. The Balaban J connectivity index is 1.93. The van der Waals surface area contributed by atoms with Gasteiger partial charge >= 0.3 is 0 Å². The Morgan fingerprint density at radius 3 is 2.90 bits per heavy atom. The molecule has 0 saturated carbocycles. The number of aromatic nitrogens is 1. The maximum absolute atomic E-state index is 13.4. The quantitative estimate of drug-likeness (QED) is 0.891. The van der Waals surface area contributed by atoms with E-state index >= 15 is 0 Å². The number of aryl methyl sites for hydroxylation is 1. The zero-order valence-corrected chi connectivity index (χ0v) is 11.7. The lowest BCUT2D eigenvalue weighted by Gasteiger charge is -2.24. The van der Waals surface area contributed by atoms with Crippen molar-refractivity contribution < 1.29 is 14.3 Å². The fourth-order valence-corrected chi connectivity index (χ4v) is 2.91. The van der Waals surface area contributed by atoms with Crippen LogP contribution in [0.4, 0.5) is 4.39 Å². The van der Waals surface area contributed by atoms with Gasteiger partial charge in [0.1, 0.15) is 5.82 Å². The highest BCUT2D eigenvalue weighted by Crippen LogP contribution is 2.33. The van der Waals surface area contributed by atoms with Gasteiger partial charge in [0.25, 0.3) is 5.91 Å². The van der Waals surface area contributed by atoms with Gasteiger partial charge in [0.2, 0.25) is 0 Å². The summed E-state index contributed by atoms with van der Waals surface area (Å²) in [5.41, 5.74) is 2.10. The summed E-state index contributed by atoms with van der Waals surface area (Å²) in [4.78, 5) is 17.2. The zero-order chi connectivity index (χ0) is 15.0. The van der Waals surface area contributed by atoms with Gasteiger partial charge < -0.3 is 15.0 Å². The molecule has 1 aliphatic heterocycles. The Bertz CT molecular complexity index is 668. The molecule has 5 heteroatoms. The molecule has 1 saturated heterocycles. The van der Waals surface area contributed by atoms with E-state index in [-0.39, 0.29) is 24.3 Å². The van der Waals surface area contributed by atoms with E-state index < -0.39 is 6.10 Å². The first-order valence-electron chi connectivity index (χ1n) is 6.94. The topological polar surface area (TPSA) is 56.3 Å². The van der Waals surface area contributed by atoms with Crippen molar-refractivity contribution in [2.75, 3.05) is 6.54 Å². The molecular formula is C16H17FN2O2. The molecule has 2 atom stereocenters. The lowest BCUT2D eigenvalue weighted by molar-refractivity contribution is 0.0715.